The van der Waals surface area contributed by atoms with Crippen LogP contribution in [-0.4, -0.2) is 33.6 Å². The summed E-state index contributed by atoms with van der Waals surface area (Å²) in [4.78, 5) is 14.7. The van der Waals surface area contributed by atoms with E-state index in [1.165, 1.54) is 0 Å². The summed E-state index contributed by atoms with van der Waals surface area (Å²) in [6.45, 7) is 6.78. The van der Waals surface area contributed by atoms with Crippen molar-refractivity contribution in [1.82, 2.24) is 15.1 Å². The van der Waals surface area contributed by atoms with E-state index in [4.69, 9.17) is 0 Å². The van der Waals surface area contributed by atoms with Gasteiger partial charge in [-0.15, -0.1) is 0 Å². The van der Waals surface area contributed by atoms with Gasteiger partial charge in [0.25, 0.3) is 5.91 Å². The molecule has 1 N–H and O–H groups in total. The van der Waals surface area contributed by atoms with Gasteiger partial charge in [-0.1, -0.05) is 31.2 Å². The number of aryl methyl sites for hydroxylation is 2. The van der Waals surface area contributed by atoms with Gasteiger partial charge in [0, 0.05) is 23.4 Å². The van der Waals surface area contributed by atoms with Crippen molar-refractivity contribution in [2.75, 3.05) is 6.54 Å². The number of aromatic nitrogens is 2. The summed E-state index contributed by atoms with van der Waals surface area (Å²) in [5, 5.41) is 7.24. The summed E-state index contributed by atoms with van der Waals surface area (Å²) in [5.74, 6) is 0.0949. The smallest absolute Gasteiger partial charge is 0.254 e. The molecule has 4 nitrogen and oxygen atoms in total. The van der Waals surface area contributed by atoms with Crippen molar-refractivity contribution >= 4 is 5.91 Å². The van der Waals surface area contributed by atoms with Gasteiger partial charge in [0.05, 0.1) is 11.7 Å². The highest BCUT2D eigenvalue weighted by Crippen LogP contribution is 2.27. The number of benzene rings is 1. The molecule has 0 aliphatic carbocycles. The maximum Gasteiger partial charge on any atom is 0.254 e. The summed E-state index contributed by atoms with van der Waals surface area (Å²) in [6, 6.07) is 8.05. The van der Waals surface area contributed by atoms with Crippen LogP contribution in [0.4, 0.5) is 0 Å². The normalized spacial score (nSPS) is 17.2. The van der Waals surface area contributed by atoms with Crippen LogP contribution in [0.5, 0.6) is 0 Å². The first kappa shape index (κ1) is 14.6. The number of nitrogens with zero attached hydrogens (tertiary/aromatic N) is 2. The van der Waals surface area contributed by atoms with Crippen LogP contribution in [0.1, 0.15) is 35.1 Å². The van der Waals surface area contributed by atoms with E-state index in [2.05, 4.69) is 29.3 Å². The molecule has 0 unspecified atom stereocenters. The Hall–Kier alpha value is -2.36. The van der Waals surface area contributed by atoms with Crippen LogP contribution >= 0.6 is 0 Å². The fourth-order valence-electron chi connectivity index (χ4n) is 3.11. The van der Waals surface area contributed by atoms with Crippen LogP contribution < -0.4 is 0 Å². The molecule has 0 spiro atoms. The van der Waals surface area contributed by atoms with Crippen molar-refractivity contribution in [3.8, 4) is 11.1 Å². The van der Waals surface area contributed by atoms with Gasteiger partial charge >= 0.3 is 0 Å². The topological polar surface area (TPSA) is 49.0 Å². The first-order valence-electron chi connectivity index (χ1n) is 7.71. The van der Waals surface area contributed by atoms with Crippen LogP contribution in [0.3, 0.4) is 0 Å². The lowest BCUT2D eigenvalue weighted by atomic mass is 10.0. The Kier molecular flexibility index (Phi) is 3.84. The third kappa shape index (κ3) is 2.45. The highest BCUT2D eigenvalue weighted by atomic mass is 16.2. The zero-order valence-electron chi connectivity index (χ0n) is 13.3. The van der Waals surface area contributed by atoms with Crippen molar-refractivity contribution in [2.24, 2.45) is 0 Å². The molecular formula is C18H21N3O. The Morgan fingerprint density at radius 2 is 2.23 bits per heavy atom. The molecule has 0 saturated carbocycles. The molecule has 1 aliphatic heterocycles. The predicted molar refractivity (Wildman–Crippen MR) is 87.8 cm³/mol. The van der Waals surface area contributed by atoms with E-state index in [-0.39, 0.29) is 11.9 Å². The fraction of sp³-hybridized carbons (Fsp3) is 0.333. The SMILES string of the molecule is CC[C@@H]1C=CCN1C(=O)c1cccc(-c2c(C)n[nH]c2C)c1. The average Bonchev–Trinajstić information content (AvgIpc) is 3.13. The van der Waals surface area contributed by atoms with Crippen molar-refractivity contribution < 1.29 is 4.79 Å². The Morgan fingerprint density at radius 1 is 1.41 bits per heavy atom. The Labute approximate surface area is 130 Å². The van der Waals surface area contributed by atoms with Crippen molar-refractivity contribution in [1.29, 1.82) is 0 Å². The lowest BCUT2D eigenvalue weighted by molar-refractivity contribution is 0.0747. The largest absolute Gasteiger partial charge is 0.329 e. The molecule has 3 rings (SSSR count). The summed E-state index contributed by atoms with van der Waals surface area (Å²) in [7, 11) is 0. The molecule has 0 saturated heterocycles. The number of nitrogens with one attached hydrogen (secondary N) is 1. The van der Waals surface area contributed by atoms with Gasteiger partial charge in [0.15, 0.2) is 0 Å². The average molecular weight is 295 g/mol. The van der Waals surface area contributed by atoms with Gasteiger partial charge in [0.1, 0.15) is 0 Å². The van der Waals surface area contributed by atoms with Crippen molar-refractivity contribution in [2.45, 2.75) is 33.2 Å². The summed E-state index contributed by atoms with van der Waals surface area (Å²) < 4.78 is 0. The second-order valence-corrected chi connectivity index (χ2v) is 5.75. The van der Waals surface area contributed by atoms with Crippen molar-refractivity contribution in [3.63, 3.8) is 0 Å². The van der Waals surface area contributed by atoms with E-state index in [1.807, 2.05) is 43.0 Å². The minimum atomic E-state index is 0.0949. The monoisotopic (exact) mass is 295 g/mol. The molecule has 1 aromatic heterocycles. The van der Waals surface area contributed by atoms with Gasteiger partial charge in [0.2, 0.25) is 0 Å². The Balaban J connectivity index is 1.93. The summed E-state index contributed by atoms with van der Waals surface area (Å²) in [6.07, 6.45) is 5.13. The van der Waals surface area contributed by atoms with Crippen molar-refractivity contribution in [3.05, 3.63) is 53.4 Å². The third-order valence-corrected chi connectivity index (χ3v) is 4.27. The van der Waals surface area contributed by atoms with Gasteiger partial charge in [-0.05, 0) is 38.0 Å². The van der Waals surface area contributed by atoms with Gasteiger partial charge in [-0.25, -0.2) is 0 Å². The highest BCUT2D eigenvalue weighted by Gasteiger charge is 2.24. The number of carbonyl (C=O) groups excluding carboxylic acids is 1. The molecule has 1 amide bonds. The molecule has 1 aromatic carbocycles. The van der Waals surface area contributed by atoms with E-state index in [9.17, 15) is 4.79 Å². The zero-order chi connectivity index (χ0) is 15.7. The van der Waals surface area contributed by atoms with Crippen LogP contribution in [0.25, 0.3) is 11.1 Å². The number of H-pyrrole nitrogens is 1. The Bertz CT molecular complexity index is 710. The fourth-order valence-corrected chi connectivity index (χ4v) is 3.11. The number of aromatic amines is 1. The van der Waals surface area contributed by atoms with Crippen LogP contribution in [0, 0.1) is 13.8 Å². The first-order chi connectivity index (χ1) is 10.6. The van der Waals surface area contributed by atoms with Gasteiger partial charge in [-0.2, -0.15) is 5.10 Å². The molecule has 1 aliphatic rings. The molecule has 0 radical (unpaired) electrons. The first-order valence-corrected chi connectivity index (χ1v) is 7.71. The molecule has 2 aromatic rings. The second-order valence-electron chi connectivity index (χ2n) is 5.75. The lowest BCUT2D eigenvalue weighted by Gasteiger charge is -2.23. The maximum absolute atomic E-state index is 12.8. The quantitative estimate of drug-likeness (QED) is 0.881. The van der Waals surface area contributed by atoms with E-state index in [0.29, 0.717) is 6.54 Å². The summed E-state index contributed by atoms with van der Waals surface area (Å²) >= 11 is 0. The van der Waals surface area contributed by atoms with Crippen LogP contribution in [0.15, 0.2) is 36.4 Å². The number of amides is 1. The standard InChI is InChI=1S/C18H21N3O/c1-4-16-9-6-10-21(16)18(22)15-8-5-7-14(11-15)17-12(2)19-20-13(17)3/h5-9,11,16H,4,10H2,1-3H3,(H,19,20)/t16-/m1/s1. The minimum Gasteiger partial charge on any atom is -0.329 e. The molecule has 22 heavy (non-hydrogen) atoms. The van der Waals surface area contributed by atoms with Gasteiger partial charge in [-0.3, -0.25) is 9.89 Å². The maximum atomic E-state index is 12.8. The molecule has 4 heteroatoms. The van der Waals surface area contributed by atoms with E-state index in [0.717, 1.165) is 34.5 Å². The number of hydrogen-bond acceptors (Lipinski definition) is 2. The van der Waals surface area contributed by atoms with E-state index in [1.54, 1.807) is 0 Å². The molecule has 114 valence electrons. The predicted octanol–water partition coefficient (Wildman–Crippen LogP) is 3.48. The lowest BCUT2D eigenvalue weighted by Crippen LogP contribution is -2.35. The molecule has 1 atom stereocenters. The molecule has 0 bridgehead atoms. The number of hydrogen-bond donors (Lipinski definition) is 1. The molecule has 0 fully saturated rings. The Morgan fingerprint density at radius 3 is 2.91 bits per heavy atom. The second kappa shape index (κ2) is 5.79. The molecular weight excluding hydrogens is 274 g/mol. The zero-order valence-corrected chi connectivity index (χ0v) is 13.3. The van der Waals surface area contributed by atoms with Gasteiger partial charge < -0.3 is 4.90 Å². The number of rotatable bonds is 3. The highest BCUT2D eigenvalue weighted by molar-refractivity contribution is 5.96. The van der Waals surface area contributed by atoms with Crippen LogP contribution in [-0.2, 0) is 0 Å². The molecule has 2 heterocycles. The minimum absolute atomic E-state index is 0.0949. The third-order valence-electron chi connectivity index (χ3n) is 4.27. The number of carbonyl (C=O) groups is 1. The van der Waals surface area contributed by atoms with E-state index >= 15 is 0 Å². The van der Waals surface area contributed by atoms with Crippen LogP contribution in [0.2, 0.25) is 0 Å². The van der Waals surface area contributed by atoms with E-state index < -0.39 is 0 Å². The summed E-state index contributed by atoms with van der Waals surface area (Å²) in [5.41, 5.74) is 4.84.